The standard InChI is InChI=1S/C29H33NO/c1-19-3-6-23-16-24-9-11-27(2)25(21-5-4-20-10-14-30-18-22(20)15-21)7-8-26(27)29(24)13-12-28(23,17-19)31-29/h4-5,9-10,14-16,18-19,25-26H,3,6-8,11-13,17H2,1-2H3/t19-,25?,26-,27?,28-,29-/m1/s1. The van der Waals surface area contributed by atoms with E-state index in [0.717, 1.165) is 5.92 Å². The summed E-state index contributed by atoms with van der Waals surface area (Å²) in [7, 11) is 0. The number of benzene rings is 1. The molecule has 0 radical (unpaired) electrons. The van der Waals surface area contributed by atoms with Gasteiger partial charge in [-0.1, -0.05) is 38.1 Å². The average Bonchev–Trinajstić information content (AvgIpc) is 3.28. The fraction of sp³-hybridized carbons (Fsp3) is 0.552. The number of hydrogen-bond acceptors (Lipinski definition) is 2. The molecule has 1 aromatic carbocycles. The summed E-state index contributed by atoms with van der Waals surface area (Å²) in [5.74, 6) is 2.02. The summed E-state index contributed by atoms with van der Waals surface area (Å²) in [4.78, 5) is 4.37. The van der Waals surface area contributed by atoms with Crippen LogP contribution in [0, 0.1) is 17.3 Å². The van der Waals surface area contributed by atoms with Crippen molar-refractivity contribution in [3.8, 4) is 0 Å². The quantitative estimate of drug-likeness (QED) is 0.499. The van der Waals surface area contributed by atoms with Crippen LogP contribution in [0.3, 0.4) is 0 Å². The molecule has 3 fully saturated rings. The minimum atomic E-state index is -0.0271. The number of fused-ring (bicyclic) bond motifs is 2. The Morgan fingerprint density at radius 3 is 2.94 bits per heavy atom. The molecule has 2 nitrogen and oxygen atoms in total. The van der Waals surface area contributed by atoms with Gasteiger partial charge in [-0.3, -0.25) is 4.98 Å². The van der Waals surface area contributed by atoms with Gasteiger partial charge in [0.15, 0.2) is 0 Å². The number of pyridine rings is 1. The molecule has 2 heteroatoms. The predicted octanol–water partition coefficient (Wildman–Crippen LogP) is 7.11. The lowest BCUT2D eigenvalue weighted by Crippen LogP contribution is -2.53. The molecule has 2 unspecified atom stereocenters. The van der Waals surface area contributed by atoms with Gasteiger partial charge >= 0.3 is 0 Å². The molecule has 5 aliphatic rings. The summed E-state index contributed by atoms with van der Waals surface area (Å²) in [6, 6.07) is 9.22. The number of rotatable bonds is 1. The molecule has 2 saturated carbocycles. The van der Waals surface area contributed by atoms with E-state index in [1.807, 2.05) is 12.4 Å². The molecule has 2 aromatic rings. The lowest BCUT2D eigenvalue weighted by molar-refractivity contribution is -0.138. The molecule has 7 rings (SSSR count). The van der Waals surface area contributed by atoms with E-state index in [1.54, 1.807) is 5.57 Å². The highest BCUT2D eigenvalue weighted by Crippen LogP contribution is 2.69. The van der Waals surface area contributed by atoms with E-state index in [9.17, 15) is 0 Å². The Morgan fingerprint density at radius 2 is 2.00 bits per heavy atom. The number of hydrogen-bond donors (Lipinski definition) is 0. The summed E-state index contributed by atoms with van der Waals surface area (Å²) in [6.45, 7) is 5.00. The van der Waals surface area contributed by atoms with Crippen molar-refractivity contribution in [1.29, 1.82) is 0 Å². The van der Waals surface area contributed by atoms with Crippen molar-refractivity contribution >= 4 is 10.8 Å². The van der Waals surface area contributed by atoms with Crippen LogP contribution < -0.4 is 0 Å². The Morgan fingerprint density at radius 1 is 1.06 bits per heavy atom. The van der Waals surface area contributed by atoms with Gasteiger partial charge in [0, 0.05) is 17.8 Å². The molecular weight excluding hydrogens is 378 g/mol. The third-order valence-corrected chi connectivity index (χ3v) is 9.99. The third kappa shape index (κ3) is 2.35. The molecule has 1 aromatic heterocycles. The fourth-order valence-corrected chi connectivity index (χ4v) is 8.51. The van der Waals surface area contributed by atoms with Crippen LogP contribution in [0.15, 0.2) is 60.0 Å². The maximum Gasteiger partial charge on any atom is 0.0974 e. The Labute approximate surface area is 185 Å². The molecular formula is C29H33NO. The van der Waals surface area contributed by atoms with Gasteiger partial charge in [0.05, 0.1) is 11.2 Å². The molecule has 2 spiro atoms. The lowest BCUT2D eigenvalue weighted by Gasteiger charge is -2.54. The maximum atomic E-state index is 7.34. The molecule has 2 bridgehead atoms. The molecule has 160 valence electrons. The van der Waals surface area contributed by atoms with Crippen LogP contribution in [0.4, 0.5) is 0 Å². The zero-order valence-corrected chi connectivity index (χ0v) is 18.9. The van der Waals surface area contributed by atoms with Crippen molar-refractivity contribution in [3.63, 3.8) is 0 Å². The first-order valence-corrected chi connectivity index (χ1v) is 12.5. The van der Waals surface area contributed by atoms with E-state index < -0.39 is 0 Å². The van der Waals surface area contributed by atoms with Crippen LogP contribution in [0.1, 0.15) is 76.7 Å². The van der Waals surface area contributed by atoms with Crippen molar-refractivity contribution in [2.24, 2.45) is 17.3 Å². The second kappa shape index (κ2) is 6.10. The van der Waals surface area contributed by atoms with Gasteiger partial charge < -0.3 is 4.74 Å². The molecule has 31 heavy (non-hydrogen) atoms. The number of aromatic nitrogens is 1. The Bertz CT molecular complexity index is 1150. The second-order valence-corrected chi connectivity index (χ2v) is 11.5. The first-order valence-electron chi connectivity index (χ1n) is 12.5. The summed E-state index contributed by atoms with van der Waals surface area (Å²) in [6.07, 6.45) is 19.1. The zero-order valence-electron chi connectivity index (χ0n) is 18.9. The minimum Gasteiger partial charge on any atom is -0.359 e. The van der Waals surface area contributed by atoms with Crippen molar-refractivity contribution in [1.82, 2.24) is 4.98 Å². The fourth-order valence-electron chi connectivity index (χ4n) is 8.51. The highest BCUT2D eigenvalue weighted by atomic mass is 16.5. The van der Waals surface area contributed by atoms with E-state index in [4.69, 9.17) is 4.74 Å². The van der Waals surface area contributed by atoms with Gasteiger partial charge in [0.2, 0.25) is 0 Å². The summed E-state index contributed by atoms with van der Waals surface area (Å²) >= 11 is 0. The molecule has 0 N–H and O–H groups in total. The molecule has 6 atom stereocenters. The van der Waals surface area contributed by atoms with Gasteiger partial charge in [-0.15, -0.1) is 0 Å². The smallest absolute Gasteiger partial charge is 0.0974 e. The SMILES string of the molecule is C[C@@H]1CCC2=CC3=CCC4(C)C(c5ccc6ccncc6c5)CC[C@H]4[C@@]34CC[C@]2(C1)O4. The van der Waals surface area contributed by atoms with Gasteiger partial charge in [-0.25, -0.2) is 0 Å². The number of nitrogens with zero attached hydrogens (tertiary/aromatic N) is 1. The first-order chi connectivity index (χ1) is 15.0. The van der Waals surface area contributed by atoms with Crippen molar-refractivity contribution in [2.45, 2.75) is 82.3 Å². The summed E-state index contributed by atoms with van der Waals surface area (Å²) in [5.41, 5.74) is 4.96. The lowest BCUT2D eigenvalue weighted by atomic mass is 9.58. The monoisotopic (exact) mass is 411 g/mol. The van der Waals surface area contributed by atoms with E-state index >= 15 is 0 Å². The predicted molar refractivity (Wildman–Crippen MR) is 125 cm³/mol. The highest BCUT2D eigenvalue weighted by Gasteiger charge is 2.66. The second-order valence-electron chi connectivity index (χ2n) is 11.5. The van der Waals surface area contributed by atoms with Crippen LogP contribution >= 0.6 is 0 Å². The summed E-state index contributed by atoms with van der Waals surface area (Å²) in [5, 5.41) is 2.56. The Kier molecular flexibility index (Phi) is 3.66. The summed E-state index contributed by atoms with van der Waals surface area (Å²) < 4.78 is 7.34. The normalized spacial score (nSPS) is 43.1. The van der Waals surface area contributed by atoms with Gasteiger partial charge in [-0.05, 0) is 109 Å². The number of ether oxygens (including phenoxy) is 1. The maximum absolute atomic E-state index is 7.34. The minimum absolute atomic E-state index is 0.0271. The zero-order chi connectivity index (χ0) is 20.8. The highest BCUT2D eigenvalue weighted by molar-refractivity contribution is 5.82. The molecule has 1 saturated heterocycles. The van der Waals surface area contributed by atoms with E-state index in [0.29, 0.717) is 11.8 Å². The van der Waals surface area contributed by atoms with Crippen molar-refractivity contribution in [2.75, 3.05) is 0 Å². The Balaban J connectivity index is 1.31. The van der Waals surface area contributed by atoms with E-state index in [-0.39, 0.29) is 16.6 Å². The van der Waals surface area contributed by atoms with Crippen LogP contribution in [-0.2, 0) is 4.74 Å². The average molecular weight is 412 g/mol. The largest absolute Gasteiger partial charge is 0.359 e. The van der Waals surface area contributed by atoms with Crippen LogP contribution in [0.5, 0.6) is 0 Å². The van der Waals surface area contributed by atoms with Crippen LogP contribution in [-0.4, -0.2) is 16.2 Å². The topological polar surface area (TPSA) is 22.1 Å². The van der Waals surface area contributed by atoms with E-state index in [2.05, 4.69) is 55.2 Å². The first kappa shape index (κ1) is 18.6. The third-order valence-electron chi connectivity index (χ3n) is 9.99. The van der Waals surface area contributed by atoms with Crippen LogP contribution in [0.25, 0.3) is 10.8 Å². The molecule has 3 aliphatic carbocycles. The number of allylic oxidation sites excluding steroid dienone is 1. The molecule has 3 heterocycles. The Hall–Kier alpha value is -1.93. The van der Waals surface area contributed by atoms with E-state index in [1.165, 1.54) is 73.3 Å². The van der Waals surface area contributed by atoms with Crippen molar-refractivity contribution < 1.29 is 4.74 Å². The van der Waals surface area contributed by atoms with Gasteiger partial charge in [0.1, 0.15) is 0 Å². The van der Waals surface area contributed by atoms with Crippen LogP contribution in [0.2, 0.25) is 0 Å². The molecule has 0 amide bonds. The van der Waals surface area contributed by atoms with Gasteiger partial charge in [-0.2, -0.15) is 0 Å². The molecule has 2 aliphatic heterocycles. The van der Waals surface area contributed by atoms with Crippen molar-refractivity contribution in [3.05, 3.63) is 65.5 Å². The van der Waals surface area contributed by atoms with Gasteiger partial charge in [0.25, 0.3) is 0 Å².